The fourth-order valence-corrected chi connectivity index (χ4v) is 0.995. The number of nitrogens with zero attached hydrogens (tertiary/aromatic N) is 1. The molecule has 0 aromatic heterocycles. The van der Waals surface area contributed by atoms with Crippen LogP contribution in [0.1, 0.15) is 19.8 Å². The summed E-state index contributed by atoms with van der Waals surface area (Å²) in [6.45, 7) is 5.45. The maximum Gasteiger partial charge on any atom is 0.205 e. The number of methoxy groups -OCH3 is 1. The molecule has 0 bridgehead atoms. The Labute approximate surface area is 97.6 Å². The zero-order valence-electron chi connectivity index (χ0n) is 10.3. The van der Waals surface area contributed by atoms with Gasteiger partial charge in [0.05, 0.1) is 19.8 Å². The molecule has 96 valence electrons. The van der Waals surface area contributed by atoms with Gasteiger partial charge in [0, 0.05) is 20.3 Å². The zero-order valence-corrected chi connectivity index (χ0v) is 10.3. The Hall–Kier alpha value is -0.850. The molecule has 0 aromatic rings. The van der Waals surface area contributed by atoms with E-state index in [0.29, 0.717) is 32.3 Å². The molecule has 0 unspecified atom stereocenters. The lowest BCUT2D eigenvalue weighted by Crippen LogP contribution is -2.43. The van der Waals surface area contributed by atoms with E-state index in [9.17, 15) is 0 Å². The van der Waals surface area contributed by atoms with Crippen molar-refractivity contribution < 1.29 is 9.47 Å². The minimum Gasteiger partial charge on any atom is -0.383 e. The van der Waals surface area contributed by atoms with Crippen LogP contribution >= 0.6 is 0 Å². The highest BCUT2D eigenvalue weighted by atomic mass is 16.5. The molecule has 0 spiro atoms. The summed E-state index contributed by atoms with van der Waals surface area (Å²) in [6, 6.07) is 0. The first-order valence-electron chi connectivity index (χ1n) is 5.66. The Morgan fingerprint density at radius 1 is 1.31 bits per heavy atom. The monoisotopic (exact) mass is 232 g/mol. The maximum atomic E-state index is 5.37. The van der Waals surface area contributed by atoms with E-state index in [0.717, 1.165) is 19.4 Å². The van der Waals surface area contributed by atoms with Gasteiger partial charge in [-0.15, -0.1) is 0 Å². The number of nitrogens with one attached hydrogen (secondary N) is 2. The molecule has 0 radical (unpaired) electrons. The second-order valence-corrected chi connectivity index (χ2v) is 3.26. The van der Waals surface area contributed by atoms with Crippen molar-refractivity contribution in [3.63, 3.8) is 0 Å². The largest absolute Gasteiger partial charge is 0.383 e. The van der Waals surface area contributed by atoms with Gasteiger partial charge in [0.1, 0.15) is 0 Å². The number of unbranched alkanes of at least 4 members (excludes halogenated alkanes) is 1. The quantitative estimate of drug-likeness (QED) is 0.169. The van der Waals surface area contributed by atoms with E-state index in [2.05, 4.69) is 22.7 Å². The summed E-state index contributed by atoms with van der Waals surface area (Å²) in [4.78, 5) is 4.20. The molecule has 6 nitrogen and oxygen atoms in total. The number of rotatable bonds is 9. The van der Waals surface area contributed by atoms with E-state index >= 15 is 0 Å². The molecule has 0 saturated carbocycles. The summed E-state index contributed by atoms with van der Waals surface area (Å²) in [7, 11) is 1.65. The molecule has 0 aliphatic carbocycles. The lowest BCUT2D eigenvalue weighted by Gasteiger charge is -2.08. The topological polar surface area (TPSA) is 80.9 Å². The van der Waals surface area contributed by atoms with Crippen molar-refractivity contribution >= 4 is 5.96 Å². The molecule has 0 aliphatic heterocycles. The number of ether oxygens (including phenoxy) is 2. The number of hydrogen-bond acceptors (Lipinski definition) is 4. The van der Waals surface area contributed by atoms with Gasteiger partial charge in [-0.3, -0.25) is 5.43 Å². The van der Waals surface area contributed by atoms with Crippen molar-refractivity contribution in [1.29, 1.82) is 0 Å². The van der Waals surface area contributed by atoms with Gasteiger partial charge in [-0.05, 0) is 6.42 Å². The van der Waals surface area contributed by atoms with Crippen LogP contribution in [0.2, 0.25) is 0 Å². The Bertz CT molecular complexity index is 176. The first-order valence-corrected chi connectivity index (χ1v) is 5.66. The van der Waals surface area contributed by atoms with Gasteiger partial charge in [-0.25, -0.2) is 10.8 Å². The van der Waals surface area contributed by atoms with Crippen molar-refractivity contribution in [2.24, 2.45) is 10.8 Å². The van der Waals surface area contributed by atoms with Gasteiger partial charge >= 0.3 is 0 Å². The van der Waals surface area contributed by atoms with Gasteiger partial charge in [0.2, 0.25) is 5.96 Å². The average Bonchev–Trinajstić information content (AvgIpc) is 2.31. The maximum absolute atomic E-state index is 5.37. The fourth-order valence-electron chi connectivity index (χ4n) is 0.995. The third-order valence-electron chi connectivity index (χ3n) is 1.88. The predicted molar refractivity (Wildman–Crippen MR) is 65.2 cm³/mol. The molecule has 0 aromatic carbocycles. The first kappa shape index (κ1) is 15.2. The summed E-state index contributed by atoms with van der Waals surface area (Å²) >= 11 is 0. The minimum absolute atomic E-state index is 0.566. The summed E-state index contributed by atoms with van der Waals surface area (Å²) in [5.74, 6) is 5.86. The van der Waals surface area contributed by atoms with Gasteiger partial charge in [0.15, 0.2) is 0 Å². The summed E-state index contributed by atoms with van der Waals surface area (Å²) in [5.41, 5.74) is 2.49. The third kappa shape index (κ3) is 9.70. The lowest BCUT2D eigenvalue weighted by molar-refractivity contribution is 0.138. The summed E-state index contributed by atoms with van der Waals surface area (Å²) in [6.07, 6.45) is 2.25. The van der Waals surface area contributed by atoms with Crippen LogP contribution in [-0.4, -0.2) is 46.0 Å². The van der Waals surface area contributed by atoms with Gasteiger partial charge in [0.25, 0.3) is 0 Å². The number of hydrazine groups is 1. The van der Waals surface area contributed by atoms with Crippen LogP contribution < -0.4 is 16.6 Å². The molecule has 0 heterocycles. The average molecular weight is 232 g/mol. The van der Waals surface area contributed by atoms with Gasteiger partial charge in [-0.2, -0.15) is 0 Å². The fraction of sp³-hybridized carbons (Fsp3) is 0.900. The number of nitrogens with two attached hydrogens (primary N) is 1. The standard InChI is InChI=1S/C10H24N4O2/c1-3-4-7-16-9-6-13-10(14-11)12-5-8-15-2/h3-9,11H2,1-2H3,(H2,12,13,14). The van der Waals surface area contributed by atoms with E-state index in [1.807, 2.05) is 0 Å². The molecular formula is C10H24N4O2. The predicted octanol–water partition coefficient (Wildman–Crippen LogP) is -0.142. The first-order chi connectivity index (χ1) is 7.85. The number of hydrogen-bond donors (Lipinski definition) is 3. The van der Waals surface area contributed by atoms with Crippen LogP contribution in [0, 0.1) is 0 Å². The van der Waals surface area contributed by atoms with Crippen molar-refractivity contribution in [3.05, 3.63) is 0 Å². The van der Waals surface area contributed by atoms with Crippen LogP contribution in [-0.2, 0) is 9.47 Å². The van der Waals surface area contributed by atoms with Gasteiger partial charge < -0.3 is 14.8 Å². The van der Waals surface area contributed by atoms with Crippen LogP contribution in [0.15, 0.2) is 4.99 Å². The molecule has 0 amide bonds. The highest BCUT2D eigenvalue weighted by Crippen LogP contribution is 1.87. The molecule has 0 saturated heterocycles. The Morgan fingerprint density at radius 3 is 2.75 bits per heavy atom. The molecule has 6 heteroatoms. The Balaban J connectivity index is 3.47. The van der Waals surface area contributed by atoms with Crippen molar-refractivity contribution in [3.8, 4) is 0 Å². The smallest absolute Gasteiger partial charge is 0.205 e. The van der Waals surface area contributed by atoms with Crippen molar-refractivity contribution in [1.82, 2.24) is 10.7 Å². The van der Waals surface area contributed by atoms with Crippen LogP contribution in [0.3, 0.4) is 0 Å². The van der Waals surface area contributed by atoms with Crippen molar-refractivity contribution in [2.45, 2.75) is 19.8 Å². The lowest BCUT2D eigenvalue weighted by atomic mass is 10.4. The minimum atomic E-state index is 0.566. The van der Waals surface area contributed by atoms with E-state index in [4.69, 9.17) is 15.3 Å². The van der Waals surface area contributed by atoms with E-state index in [1.54, 1.807) is 7.11 Å². The molecule has 16 heavy (non-hydrogen) atoms. The van der Waals surface area contributed by atoms with Gasteiger partial charge in [-0.1, -0.05) is 13.3 Å². The van der Waals surface area contributed by atoms with E-state index < -0.39 is 0 Å². The highest BCUT2D eigenvalue weighted by molar-refractivity contribution is 5.79. The SMILES string of the molecule is CCCCOCCN=C(NN)NCCOC. The second kappa shape index (κ2) is 12.2. The summed E-state index contributed by atoms with van der Waals surface area (Å²) in [5, 5.41) is 3.01. The van der Waals surface area contributed by atoms with Crippen LogP contribution in [0.4, 0.5) is 0 Å². The van der Waals surface area contributed by atoms with Crippen molar-refractivity contribution in [2.75, 3.05) is 40.0 Å². The molecule has 0 fully saturated rings. The molecule has 4 N–H and O–H groups in total. The summed E-state index contributed by atoms with van der Waals surface area (Å²) < 4.78 is 10.3. The zero-order chi connectivity index (χ0) is 12.1. The number of guanidine groups is 1. The van der Waals surface area contributed by atoms with Crippen LogP contribution in [0.25, 0.3) is 0 Å². The molecule has 0 aliphatic rings. The van der Waals surface area contributed by atoms with E-state index in [-0.39, 0.29) is 0 Å². The third-order valence-corrected chi connectivity index (χ3v) is 1.88. The van der Waals surface area contributed by atoms with Crippen LogP contribution in [0.5, 0.6) is 0 Å². The Kier molecular flexibility index (Phi) is 11.6. The second-order valence-electron chi connectivity index (χ2n) is 3.26. The molecular weight excluding hydrogens is 208 g/mol. The Morgan fingerprint density at radius 2 is 2.12 bits per heavy atom. The van der Waals surface area contributed by atoms with E-state index in [1.165, 1.54) is 0 Å². The highest BCUT2D eigenvalue weighted by Gasteiger charge is 1.94. The number of aliphatic imine (C=N–C) groups is 1. The molecule has 0 atom stereocenters. The normalized spacial score (nSPS) is 11.6. The molecule has 0 rings (SSSR count).